The van der Waals surface area contributed by atoms with E-state index in [1.54, 1.807) is 0 Å². The van der Waals surface area contributed by atoms with Crippen LogP contribution >= 0.6 is 0 Å². The molecule has 0 radical (unpaired) electrons. The van der Waals surface area contributed by atoms with Crippen molar-refractivity contribution in [3.8, 4) is 0 Å². The van der Waals surface area contributed by atoms with Gasteiger partial charge in [-0.2, -0.15) is 0 Å². The maximum Gasteiger partial charge on any atom is 0.243 e. The van der Waals surface area contributed by atoms with Gasteiger partial charge in [0.05, 0.1) is 0 Å². The Morgan fingerprint density at radius 1 is 1.03 bits per heavy atom. The van der Waals surface area contributed by atoms with E-state index in [4.69, 9.17) is 0 Å². The first-order valence-corrected chi connectivity index (χ1v) is 12.3. The Balaban J connectivity index is 1.60. The SMILES string of the molecule is CN1CCN([C@H](CNS(=O)(=O)c2ccccc2F)c2ccc3c(c2)CCCN3C)CC1. The molecule has 0 aliphatic carbocycles. The second-order valence-corrected chi connectivity index (χ2v) is 10.3. The Morgan fingerprint density at radius 2 is 1.77 bits per heavy atom. The average Bonchev–Trinajstić information content (AvgIpc) is 2.75. The van der Waals surface area contributed by atoms with Gasteiger partial charge in [-0.25, -0.2) is 17.5 Å². The molecule has 31 heavy (non-hydrogen) atoms. The van der Waals surface area contributed by atoms with Gasteiger partial charge >= 0.3 is 0 Å². The lowest BCUT2D eigenvalue weighted by molar-refractivity contribution is 0.113. The monoisotopic (exact) mass is 446 g/mol. The fourth-order valence-electron chi connectivity index (χ4n) is 4.53. The molecule has 1 N–H and O–H groups in total. The highest BCUT2D eigenvalue weighted by molar-refractivity contribution is 7.89. The van der Waals surface area contributed by atoms with Crippen molar-refractivity contribution in [1.82, 2.24) is 14.5 Å². The summed E-state index contributed by atoms with van der Waals surface area (Å²) in [6.07, 6.45) is 2.15. The summed E-state index contributed by atoms with van der Waals surface area (Å²) in [5.74, 6) is -0.733. The molecule has 1 atom stereocenters. The minimum atomic E-state index is -3.94. The highest BCUT2D eigenvalue weighted by atomic mass is 32.2. The molecule has 0 spiro atoms. The normalized spacial score (nSPS) is 19.3. The van der Waals surface area contributed by atoms with Crippen molar-refractivity contribution in [3.05, 3.63) is 59.4 Å². The van der Waals surface area contributed by atoms with Crippen molar-refractivity contribution >= 4 is 15.7 Å². The molecule has 2 aromatic carbocycles. The maximum atomic E-state index is 14.1. The largest absolute Gasteiger partial charge is 0.374 e. The predicted molar refractivity (Wildman–Crippen MR) is 121 cm³/mol. The van der Waals surface area contributed by atoms with Crippen LogP contribution in [-0.2, 0) is 16.4 Å². The minimum Gasteiger partial charge on any atom is -0.374 e. The molecule has 1 fully saturated rings. The van der Waals surface area contributed by atoms with E-state index in [9.17, 15) is 12.8 Å². The van der Waals surface area contributed by atoms with Crippen molar-refractivity contribution in [2.45, 2.75) is 23.8 Å². The van der Waals surface area contributed by atoms with Gasteiger partial charge in [-0.3, -0.25) is 4.90 Å². The number of halogens is 1. The molecule has 0 saturated carbocycles. The molecule has 2 heterocycles. The number of rotatable bonds is 6. The first kappa shape index (κ1) is 22.2. The van der Waals surface area contributed by atoms with Crippen molar-refractivity contribution < 1.29 is 12.8 Å². The van der Waals surface area contributed by atoms with Crippen LogP contribution in [0.1, 0.15) is 23.6 Å². The van der Waals surface area contributed by atoms with Gasteiger partial charge in [0.2, 0.25) is 10.0 Å². The van der Waals surface area contributed by atoms with E-state index in [1.165, 1.54) is 35.5 Å². The molecular formula is C23H31FN4O2S. The third-order valence-corrected chi connectivity index (χ3v) is 7.87. The van der Waals surface area contributed by atoms with Gasteiger partial charge in [0.15, 0.2) is 0 Å². The van der Waals surface area contributed by atoms with Gasteiger partial charge in [0.1, 0.15) is 10.7 Å². The quantitative estimate of drug-likeness (QED) is 0.739. The number of nitrogens with one attached hydrogen (secondary N) is 1. The van der Waals surface area contributed by atoms with E-state index in [-0.39, 0.29) is 17.5 Å². The lowest BCUT2D eigenvalue weighted by atomic mass is 9.95. The molecular weight excluding hydrogens is 415 g/mol. The van der Waals surface area contributed by atoms with Crippen LogP contribution in [0, 0.1) is 5.82 Å². The van der Waals surface area contributed by atoms with E-state index in [2.05, 4.69) is 51.7 Å². The van der Waals surface area contributed by atoms with Crippen LogP contribution in [-0.4, -0.2) is 71.6 Å². The Labute approximate surface area is 184 Å². The van der Waals surface area contributed by atoms with Gasteiger partial charge in [-0.1, -0.05) is 24.3 Å². The van der Waals surface area contributed by atoms with Gasteiger partial charge in [0, 0.05) is 58.0 Å². The van der Waals surface area contributed by atoms with Crippen LogP contribution in [0.4, 0.5) is 10.1 Å². The molecule has 4 rings (SSSR count). The topological polar surface area (TPSA) is 55.9 Å². The van der Waals surface area contributed by atoms with Gasteiger partial charge < -0.3 is 9.80 Å². The Kier molecular flexibility index (Phi) is 6.62. The zero-order chi connectivity index (χ0) is 22.0. The van der Waals surface area contributed by atoms with E-state index in [0.29, 0.717) is 0 Å². The lowest BCUT2D eigenvalue weighted by Crippen LogP contribution is -2.48. The van der Waals surface area contributed by atoms with E-state index in [1.807, 2.05) is 0 Å². The average molecular weight is 447 g/mol. The first-order chi connectivity index (χ1) is 14.8. The minimum absolute atomic E-state index is 0.104. The molecule has 1 saturated heterocycles. The van der Waals surface area contributed by atoms with Crippen molar-refractivity contribution in [2.75, 3.05) is 58.3 Å². The molecule has 6 nitrogen and oxygen atoms in total. The molecule has 2 aliphatic heterocycles. The number of benzene rings is 2. The fraction of sp³-hybridized carbons (Fsp3) is 0.478. The first-order valence-electron chi connectivity index (χ1n) is 10.9. The lowest BCUT2D eigenvalue weighted by Gasteiger charge is -2.39. The number of nitrogens with zero attached hydrogens (tertiary/aromatic N) is 3. The van der Waals surface area contributed by atoms with Crippen LogP contribution in [0.25, 0.3) is 0 Å². The zero-order valence-corrected chi connectivity index (χ0v) is 19.0. The van der Waals surface area contributed by atoms with Crippen LogP contribution in [0.3, 0.4) is 0 Å². The van der Waals surface area contributed by atoms with Crippen molar-refractivity contribution in [1.29, 1.82) is 0 Å². The number of anilines is 1. The summed E-state index contributed by atoms with van der Waals surface area (Å²) >= 11 is 0. The van der Waals surface area contributed by atoms with E-state index >= 15 is 0 Å². The summed E-state index contributed by atoms with van der Waals surface area (Å²) in [6.45, 7) is 4.85. The van der Waals surface area contributed by atoms with Gasteiger partial charge in [0.25, 0.3) is 0 Å². The summed E-state index contributed by atoms with van der Waals surface area (Å²) in [6, 6.07) is 11.9. The number of hydrogen-bond acceptors (Lipinski definition) is 5. The van der Waals surface area contributed by atoms with Crippen molar-refractivity contribution in [3.63, 3.8) is 0 Å². The number of sulfonamides is 1. The fourth-order valence-corrected chi connectivity index (χ4v) is 5.65. The van der Waals surface area contributed by atoms with Crippen LogP contribution in [0.2, 0.25) is 0 Å². The van der Waals surface area contributed by atoms with Crippen LogP contribution < -0.4 is 9.62 Å². The number of aryl methyl sites for hydroxylation is 1. The Morgan fingerprint density at radius 3 is 2.52 bits per heavy atom. The third kappa shape index (κ3) is 4.92. The summed E-state index contributed by atoms with van der Waals surface area (Å²) in [5, 5.41) is 0. The second kappa shape index (κ2) is 9.24. The Bertz CT molecular complexity index is 1020. The summed E-state index contributed by atoms with van der Waals surface area (Å²) < 4.78 is 42.4. The number of fused-ring (bicyclic) bond motifs is 1. The Hall–Kier alpha value is -2.00. The second-order valence-electron chi connectivity index (χ2n) is 8.55. The van der Waals surface area contributed by atoms with Gasteiger partial charge in [-0.05, 0) is 49.2 Å². The molecule has 0 unspecified atom stereocenters. The van der Waals surface area contributed by atoms with E-state index < -0.39 is 15.8 Å². The highest BCUT2D eigenvalue weighted by Crippen LogP contribution is 2.31. The molecule has 2 aromatic rings. The third-order valence-electron chi connectivity index (χ3n) is 6.41. The number of likely N-dealkylation sites (N-methyl/N-ethyl adjacent to an activating group) is 1. The summed E-state index contributed by atoms with van der Waals surface area (Å²) in [5.41, 5.74) is 3.66. The molecule has 0 bridgehead atoms. The zero-order valence-electron chi connectivity index (χ0n) is 18.2. The highest BCUT2D eigenvalue weighted by Gasteiger charge is 2.28. The summed E-state index contributed by atoms with van der Waals surface area (Å²) in [7, 11) is 0.269. The maximum absolute atomic E-state index is 14.1. The van der Waals surface area contributed by atoms with Crippen LogP contribution in [0.5, 0.6) is 0 Å². The number of hydrogen-bond donors (Lipinski definition) is 1. The van der Waals surface area contributed by atoms with Crippen molar-refractivity contribution in [2.24, 2.45) is 0 Å². The molecule has 2 aliphatic rings. The standard InChI is InChI=1S/C23H31FN4O2S/c1-26-12-14-28(15-13-26)22(17-25-31(29,30)23-8-4-3-7-20(23)24)19-9-10-21-18(16-19)6-5-11-27(21)2/h3-4,7-10,16,22,25H,5-6,11-15,17H2,1-2H3/t22-/m1/s1. The number of piperazine rings is 1. The van der Waals surface area contributed by atoms with E-state index in [0.717, 1.165) is 51.1 Å². The molecule has 8 heteroatoms. The molecule has 0 aromatic heterocycles. The van der Waals surface area contributed by atoms with Crippen LogP contribution in [0.15, 0.2) is 47.4 Å². The smallest absolute Gasteiger partial charge is 0.243 e. The van der Waals surface area contributed by atoms with Gasteiger partial charge in [-0.15, -0.1) is 0 Å². The molecule has 0 amide bonds. The predicted octanol–water partition coefficient (Wildman–Crippen LogP) is 2.48. The molecule has 168 valence electrons. The summed E-state index contributed by atoms with van der Waals surface area (Å²) in [4.78, 5) is 6.57.